The van der Waals surface area contributed by atoms with Crippen LogP contribution < -0.4 is 5.73 Å². The number of hydrogen-bond donors (Lipinski definition) is 2. The maximum absolute atomic E-state index is 8.64. The SMILES string of the molecule is CCc1nn(C)c(CN(CCC(N)=NO)C2CC2)c1Br. The first-order valence-corrected chi connectivity index (χ1v) is 7.76. The Hall–Kier alpha value is -1.08. The predicted molar refractivity (Wildman–Crippen MR) is 81.7 cm³/mol. The van der Waals surface area contributed by atoms with Crippen LogP contribution >= 0.6 is 15.9 Å². The molecule has 0 bridgehead atoms. The monoisotopic (exact) mass is 343 g/mol. The fourth-order valence-electron chi connectivity index (χ4n) is 2.32. The Bertz CT molecular complexity index is 495. The van der Waals surface area contributed by atoms with Crippen LogP contribution in [0, 0.1) is 0 Å². The maximum atomic E-state index is 8.64. The second-order valence-corrected chi connectivity index (χ2v) is 6.02. The average Bonchev–Trinajstić information content (AvgIpc) is 3.24. The molecule has 0 unspecified atom stereocenters. The second kappa shape index (κ2) is 6.58. The minimum atomic E-state index is 0.286. The van der Waals surface area contributed by atoms with Gasteiger partial charge >= 0.3 is 0 Å². The molecule has 1 aromatic rings. The molecule has 0 spiro atoms. The normalized spacial score (nSPS) is 16.1. The molecule has 1 aromatic heterocycles. The second-order valence-electron chi connectivity index (χ2n) is 5.23. The number of oxime groups is 1. The summed E-state index contributed by atoms with van der Waals surface area (Å²) in [5.74, 6) is 0.286. The van der Waals surface area contributed by atoms with E-state index < -0.39 is 0 Å². The molecule has 1 fully saturated rings. The summed E-state index contributed by atoms with van der Waals surface area (Å²) >= 11 is 3.66. The van der Waals surface area contributed by atoms with Crippen LogP contribution in [-0.4, -0.2) is 38.3 Å². The van der Waals surface area contributed by atoms with Gasteiger partial charge in [0.15, 0.2) is 0 Å². The molecular weight excluding hydrogens is 322 g/mol. The molecule has 1 aliphatic carbocycles. The lowest BCUT2D eigenvalue weighted by atomic mass is 10.2. The van der Waals surface area contributed by atoms with Gasteiger partial charge in [0, 0.05) is 32.6 Å². The summed E-state index contributed by atoms with van der Waals surface area (Å²) in [4.78, 5) is 2.39. The van der Waals surface area contributed by atoms with Crippen LogP contribution in [0.15, 0.2) is 9.63 Å². The van der Waals surface area contributed by atoms with Crippen molar-refractivity contribution in [3.05, 3.63) is 15.9 Å². The molecule has 112 valence electrons. The zero-order valence-electron chi connectivity index (χ0n) is 12.0. The van der Waals surface area contributed by atoms with E-state index in [4.69, 9.17) is 10.9 Å². The number of aromatic nitrogens is 2. The summed E-state index contributed by atoms with van der Waals surface area (Å²) in [6.07, 6.45) is 3.96. The van der Waals surface area contributed by atoms with Gasteiger partial charge in [-0.15, -0.1) is 0 Å². The van der Waals surface area contributed by atoms with Crippen LogP contribution in [0.4, 0.5) is 0 Å². The number of rotatable bonds is 7. The molecule has 1 aliphatic rings. The fourth-order valence-corrected chi connectivity index (χ4v) is 3.06. The van der Waals surface area contributed by atoms with E-state index in [1.165, 1.54) is 18.5 Å². The van der Waals surface area contributed by atoms with Gasteiger partial charge in [0.1, 0.15) is 5.84 Å². The molecule has 0 atom stereocenters. The van der Waals surface area contributed by atoms with Gasteiger partial charge in [0.05, 0.1) is 15.9 Å². The molecule has 6 nitrogen and oxygen atoms in total. The van der Waals surface area contributed by atoms with Gasteiger partial charge in [-0.05, 0) is 35.2 Å². The van der Waals surface area contributed by atoms with Crippen molar-refractivity contribution in [3.8, 4) is 0 Å². The zero-order chi connectivity index (χ0) is 14.7. The van der Waals surface area contributed by atoms with Crippen molar-refractivity contribution in [2.75, 3.05) is 6.54 Å². The van der Waals surface area contributed by atoms with Crippen molar-refractivity contribution in [1.29, 1.82) is 0 Å². The number of nitrogens with two attached hydrogens (primary N) is 1. The molecule has 0 aliphatic heterocycles. The van der Waals surface area contributed by atoms with Crippen LogP contribution in [0.2, 0.25) is 0 Å². The van der Waals surface area contributed by atoms with Crippen molar-refractivity contribution >= 4 is 21.8 Å². The average molecular weight is 344 g/mol. The number of halogens is 1. The van der Waals surface area contributed by atoms with Gasteiger partial charge in [-0.3, -0.25) is 9.58 Å². The lowest BCUT2D eigenvalue weighted by Crippen LogP contribution is -2.30. The van der Waals surface area contributed by atoms with E-state index in [1.807, 2.05) is 11.7 Å². The van der Waals surface area contributed by atoms with Gasteiger partial charge in [-0.2, -0.15) is 5.10 Å². The van der Waals surface area contributed by atoms with Gasteiger partial charge in [-0.1, -0.05) is 12.1 Å². The third-order valence-electron chi connectivity index (χ3n) is 3.70. The predicted octanol–water partition coefficient (Wildman–Crippen LogP) is 1.85. The molecular formula is C13H22BrN5O. The zero-order valence-corrected chi connectivity index (χ0v) is 13.6. The lowest BCUT2D eigenvalue weighted by molar-refractivity contribution is 0.252. The van der Waals surface area contributed by atoms with Crippen molar-refractivity contribution in [1.82, 2.24) is 14.7 Å². The molecule has 1 saturated carbocycles. The van der Waals surface area contributed by atoms with E-state index in [0.717, 1.165) is 29.7 Å². The van der Waals surface area contributed by atoms with Crippen LogP contribution in [0.3, 0.4) is 0 Å². The summed E-state index contributed by atoms with van der Waals surface area (Å²) < 4.78 is 3.05. The molecule has 20 heavy (non-hydrogen) atoms. The Kier molecular flexibility index (Phi) is 5.04. The molecule has 3 N–H and O–H groups in total. The highest BCUT2D eigenvalue weighted by Crippen LogP contribution is 2.30. The van der Waals surface area contributed by atoms with E-state index in [0.29, 0.717) is 12.5 Å². The lowest BCUT2D eigenvalue weighted by Gasteiger charge is -2.21. The number of hydrogen-bond acceptors (Lipinski definition) is 4. The third kappa shape index (κ3) is 3.52. The Morgan fingerprint density at radius 1 is 1.60 bits per heavy atom. The Morgan fingerprint density at radius 3 is 2.80 bits per heavy atom. The Balaban J connectivity index is 2.06. The molecule has 0 aromatic carbocycles. The first-order valence-electron chi connectivity index (χ1n) is 6.97. The van der Waals surface area contributed by atoms with Gasteiger partial charge in [0.25, 0.3) is 0 Å². The molecule has 0 saturated heterocycles. The highest BCUT2D eigenvalue weighted by atomic mass is 79.9. The van der Waals surface area contributed by atoms with E-state index in [2.05, 4.69) is 38.0 Å². The molecule has 0 radical (unpaired) electrons. The fraction of sp³-hybridized carbons (Fsp3) is 0.692. The molecule has 7 heteroatoms. The largest absolute Gasteiger partial charge is 0.409 e. The van der Waals surface area contributed by atoms with E-state index >= 15 is 0 Å². The van der Waals surface area contributed by atoms with Crippen LogP contribution in [0.25, 0.3) is 0 Å². The highest BCUT2D eigenvalue weighted by molar-refractivity contribution is 9.10. The highest BCUT2D eigenvalue weighted by Gasteiger charge is 2.30. The van der Waals surface area contributed by atoms with Gasteiger partial charge < -0.3 is 10.9 Å². The van der Waals surface area contributed by atoms with Crippen LogP contribution in [0.5, 0.6) is 0 Å². The first kappa shape index (κ1) is 15.3. The maximum Gasteiger partial charge on any atom is 0.140 e. The Morgan fingerprint density at radius 2 is 2.30 bits per heavy atom. The summed E-state index contributed by atoms with van der Waals surface area (Å²) in [6.45, 7) is 3.75. The molecule has 2 rings (SSSR count). The summed E-state index contributed by atoms with van der Waals surface area (Å²) in [5, 5.41) is 16.2. The summed E-state index contributed by atoms with van der Waals surface area (Å²) in [7, 11) is 1.98. The quantitative estimate of drug-likeness (QED) is 0.342. The first-order chi connectivity index (χ1) is 9.56. The van der Waals surface area contributed by atoms with Gasteiger partial charge in [-0.25, -0.2) is 0 Å². The van der Waals surface area contributed by atoms with E-state index in [-0.39, 0.29) is 5.84 Å². The van der Waals surface area contributed by atoms with Gasteiger partial charge in [0.2, 0.25) is 0 Å². The van der Waals surface area contributed by atoms with Crippen molar-refractivity contribution < 1.29 is 5.21 Å². The Labute approximate surface area is 127 Å². The third-order valence-corrected chi connectivity index (χ3v) is 4.62. The molecule has 1 heterocycles. The van der Waals surface area contributed by atoms with Crippen LogP contribution in [-0.2, 0) is 20.0 Å². The molecule has 0 amide bonds. The van der Waals surface area contributed by atoms with Crippen molar-refractivity contribution in [2.45, 2.75) is 45.2 Å². The summed E-state index contributed by atoms with van der Waals surface area (Å²) in [6, 6.07) is 0.619. The van der Waals surface area contributed by atoms with Crippen molar-refractivity contribution in [3.63, 3.8) is 0 Å². The summed E-state index contributed by atoms with van der Waals surface area (Å²) in [5.41, 5.74) is 7.85. The standard InChI is InChI=1S/C13H22BrN5O/c1-3-10-13(14)11(18(2)16-10)8-19(9-4-5-9)7-6-12(15)17-20/h9,20H,3-8H2,1-2H3,(H2,15,17). The number of nitrogens with zero attached hydrogens (tertiary/aromatic N) is 4. The van der Waals surface area contributed by atoms with E-state index in [1.54, 1.807) is 0 Å². The minimum absolute atomic E-state index is 0.286. The smallest absolute Gasteiger partial charge is 0.140 e. The van der Waals surface area contributed by atoms with Crippen LogP contribution in [0.1, 0.15) is 37.6 Å². The minimum Gasteiger partial charge on any atom is -0.409 e. The topological polar surface area (TPSA) is 79.7 Å². The van der Waals surface area contributed by atoms with E-state index in [9.17, 15) is 0 Å². The number of amidine groups is 1. The number of aryl methyl sites for hydroxylation is 2. The van der Waals surface area contributed by atoms with Crippen molar-refractivity contribution in [2.24, 2.45) is 17.9 Å².